The van der Waals surface area contributed by atoms with Crippen molar-refractivity contribution in [2.45, 2.75) is 25.7 Å². The molecule has 0 aromatic heterocycles. The Balaban J connectivity index is 3.10. The van der Waals surface area contributed by atoms with Crippen molar-refractivity contribution in [3.63, 3.8) is 0 Å². The number of carbonyl (C=O) groups excluding carboxylic acids is 2. The van der Waals surface area contributed by atoms with Gasteiger partial charge in [-0.3, -0.25) is 4.79 Å². The molecule has 1 aliphatic rings. The molecule has 0 aliphatic carbocycles. The number of esters is 1. The highest BCUT2D eigenvalue weighted by Gasteiger charge is 2.53. The van der Waals surface area contributed by atoms with Crippen molar-refractivity contribution in [3.8, 4) is 0 Å². The smallest absolute Gasteiger partial charge is 0.360 e. The van der Waals surface area contributed by atoms with E-state index in [4.69, 9.17) is 0 Å². The van der Waals surface area contributed by atoms with E-state index in [1.807, 2.05) is 0 Å². The third kappa shape index (κ3) is 1.71. The number of amides is 1. The molecule has 0 saturated carbocycles. The van der Waals surface area contributed by atoms with Crippen LogP contribution in [-0.4, -0.2) is 51.7 Å². The van der Waals surface area contributed by atoms with Crippen LogP contribution in [-0.2, 0) is 14.3 Å². The molecule has 0 unspecified atom stereocenters. The molecule has 0 aromatic rings. The summed E-state index contributed by atoms with van der Waals surface area (Å²) in [5, 5.41) is 23.1. The van der Waals surface area contributed by atoms with Crippen molar-refractivity contribution in [3.05, 3.63) is 0 Å². The number of ether oxygens (including phenoxy) is 1. The second-order valence-corrected chi connectivity index (χ2v) is 3.36. The standard InChI is InChI=1S/C8H12N2O5/c1-4(2)10-7(12)8(13,14)5(9-10)6(11)15-3/h4,13-14H,1-3H3. The summed E-state index contributed by atoms with van der Waals surface area (Å²) < 4.78 is 4.28. The Kier molecular flexibility index (Phi) is 2.78. The topological polar surface area (TPSA) is 99.4 Å². The van der Waals surface area contributed by atoms with Crippen LogP contribution in [0.1, 0.15) is 13.8 Å². The number of methoxy groups -OCH3 is 1. The van der Waals surface area contributed by atoms with E-state index in [2.05, 4.69) is 9.84 Å². The quantitative estimate of drug-likeness (QED) is 0.430. The van der Waals surface area contributed by atoms with Crippen molar-refractivity contribution in [2.75, 3.05) is 7.11 Å². The molecular weight excluding hydrogens is 204 g/mol. The number of hydrogen-bond acceptors (Lipinski definition) is 6. The van der Waals surface area contributed by atoms with Gasteiger partial charge in [-0.15, -0.1) is 0 Å². The fraction of sp³-hybridized carbons (Fsp3) is 0.625. The number of hydrazone groups is 1. The Hall–Kier alpha value is -1.47. The summed E-state index contributed by atoms with van der Waals surface area (Å²) in [4.78, 5) is 22.5. The van der Waals surface area contributed by atoms with Gasteiger partial charge in [0, 0.05) is 0 Å². The molecule has 15 heavy (non-hydrogen) atoms. The second kappa shape index (κ2) is 3.59. The van der Waals surface area contributed by atoms with Crippen LogP contribution in [0.3, 0.4) is 0 Å². The third-order valence-electron chi connectivity index (χ3n) is 1.91. The Bertz CT molecular complexity index is 334. The molecule has 0 spiro atoms. The van der Waals surface area contributed by atoms with E-state index in [1.165, 1.54) is 0 Å². The lowest BCUT2D eigenvalue weighted by Gasteiger charge is -2.18. The zero-order valence-corrected chi connectivity index (χ0v) is 8.59. The van der Waals surface area contributed by atoms with Crippen molar-refractivity contribution >= 4 is 17.6 Å². The minimum atomic E-state index is -2.89. The van der Waals surface area contributed by atoms with E-state index in [0.29, 0.717) is 0 Å². The summed E-state index contributed by atoms with van der Waals surface area (Å²) in [6.45, 7) is 3.25. The number of carbonyl (C=O) groups is 2. The SMILES string of the molecule is COC(=O)C1=NN(C(C)C)C(=O)C1(O)O. The number of hydrogen-bond donors (Lipinski definition) is 2. The second-order valence-electron chi connectivity index (χ2n) is 3.36. The Labute approximate surface area is 85.9 Å². The third-order valence-corrected chi connectivity index (χ3v) is 1.91. The minimum absolute atomic E-state index is 0.377. The van der Waals surface area contributed by atoms with Crippen LogP contribution < -0.4 is 0 Å². The lowest BCUT2D eigenvalue weighted by Crippen LogP contribution is -2.50. The molecule has 0 fully saturated rings. The maximum Gasteiger partial charge on any atom is 0.360 e. The summed E-state index contributed by atoms with van der Waals surface area (Å²) in [7, 11) is 1.06. The lowest BCUT2D eigenvalue weighted by atomic mass is 10.1. The Morgan fingerprint density at radius 1 is 1.53 bits per heavy atom. The predicted molar refractivity (Wildman–Crippen MR) is 48.6 cm³/mol. The fourth-order valence-corrected chi connectivity index (χ4v) is 1.11. The summed E-state index contributed by atoms with van der Waals surface area (Å²) in [6, 6.07) is -0.377. The molecule has 0 saturated heterocycles. The molecule has 0 atom stereocenters. The van der Waals surface area contributed by atoms with Crippen LogP contribution in [0.2, 0.25) is 0 Å². The molecule has 7 nitrogen and oxygen atoms in total. The van der Waals surface area contributed by atoms with Gasteiger partial charge < -0.3 is 14.9 Å². The molecule has 0 bridgehead atoms. The summed E-state index contributed by atoms with van der Waals surface area (Å²) in [5.41, 5.74) is -0.719. The van der Waals surface area contributed by atoms with E-state index in [9.17, 15) is 19.8 Å². The molecule has 1 amide bonds. The van der Waals surface area contributed by atoms with Crippen LogP contribution in [0.15, 0.2) is 5.10 Å². The normalized spacial score (nSPS) is 19.5. The van der Waals surface area contributed by atoms with Gasteiger partial charge in [0.1, 0.15) is 0 Å². The van der Waals surface area contributed by atoms with Crippen molar-refractivity contribution < 1.29 is 24.5 Å². The van der Waals surface area contributed by atoms with Crippen LogP contribution in [0.5, 0.6) is 0 Å². The molecular formula is C8H12N2O5. The van der Waals surface area contributed by atoms with Gasteiger partial charge in [-0.25, -0.2) is 9.80 Å². The van der Waals surface area contributed by atoms with E-state index in [1.54, 1.807) is 13.8 Å². The number of aliphatic hydroxyl groups is 2. The average molecular weight is 216 g/mol. The van der Waals surface area contributed by atoms with Crippen molar-refractivity contribution in [1.82, 2.24) is 5.01 Å². The number of rotatable bonds is 2. The van der Waals surface area contributed by atoms with E-state index in [0.717, 1.165) is 12.1 Å². The van der Waals surface area contributed by atoms with Gasteiger partial charge in [0.2, 0.25) is 5.71 Å². The van der Waals surface area contributed by atoms with Gasteiger partial charge >= 0.3 is 17.7 Å². The van der Waals surface area contributed by atoms with Crippen molar-refractivity contribution in [1.29, 1.82) is 0 Å². The first-order chi connectivity index (χ1) is 6.82. The van der Waals surface area contributed by atoms with Crippen molar-refractivity contribution in [2.24, 2.45) is 5.10 Å². The Morgan fingerprint density at radius 3 is 2.40 bits per heavy atom. The average Bonchev–Trinajstić information content (AvgIpc) is 2.38. The van der Waals surface area contributed by atoms with Crippen LogP contribution in [0.4, 0.5) is 0 Å². The highest BCUT2D eigenvalue weighted by molar-refractivity contribution is 6.45. The zero-order valence-electron chi connectivity index (χ0n) is 8.59. The molecule has 0 radical (unpaired) electrons. The molecule has 1 heterocycles. The maximum atomic E-state index is 11.4. The lowest BCUT2D eigenvalue weighted by molar-refractivity contribution is -0.171. The van der Waals surface area contributed by atoms with E-state index >= 15 is 0 Å². The van der Waals surface area contributed by atoms with Gasteiger partial charge in [-0.05, 0) is 13.8 Å². The molecule has 1 aliphatic heterocycles. The largest absolute Gasteiger partial charge is 0.464 e. The monoisotopic (exact) mass is 216 g/mol. The molecule has 1 rings (SSSR count). The van der Waals surface area contributed by atoms with E-state index in [-0.39, 0.29) is 6.04 Å². The molecule has 2 N–H and O–H groups in total. The molecule has 84 valence electrons. The van der Waals surface area contributed by atoms with Crippen LogP contribution in [0, 0.1) is 0 Å². The Morgan fingerprint density at radius 2 is 2.07 bits per heavy atom. The highest BCUT2D eigenvalue weighted by atomic mass is 16.5. The highest BCUT2D eigenvalue weighted by Crippen LogP contribution is 2.20. The first-order valence-corrected chi connectivity index (χ1v) is 4.28. The zero-order chi connectivity index (χ0) is 11.8. The number of nitrogens with zero attached hydrogens (tertiary/aromatic N) is 2. The summed E-state index contributed by atoms with van der Waals surface area (Å²) >= 11 is 0. The molecule has 0 aromatic carbocycles. The van der Waals surface area contributed by atoms with Crippen LogP contribution >= 0.6 is 0 Å². The van der Waals surface area contributed by atoms with E-state index < -0.39 is 23.4 Å². The fourth-order valence-electron chi connectivity index (χ4n) is 1.11. The minimum Gasteiger partial charge on any atom is -0.464 e. The predicted octanol–water partition coefficient (Wildman–Crippen LogP) is -1.55. The first-order valence-electron chi connectivity index (χ1n) is 4.28. The van der Waals surface area contributed by atoms with Crippen LogP contribution in [0.25, 0.3) is 0 Å². The van der Waals surface area contributed by atoms with Gasteiger partial charge in [-0.2, -0.15) is 5.10 Å². The van der Waals surface area contributed by atoms with Gasteiger partial charge in [0.15, 0.2) is 0 Å². The van der Waals surface area contributed by atoms with Gasteiger partial charge in [-0.1, -0.05) is 0 Å². The summed E-state index contributed by atoms with van der Waals surface area (Å²) in [5.74, 6) is -4.99. The van der Waals surface area contributed by atoms with Gasteiger partial charge in [0.05, 0.1) is 13.2 Å². The molecule has 7 heteroatoms. The van der Waals surface area contributed by atoms with Gasteiger partial charge in [0.25, 0.3) is 0 Å². The first kappa shape index (κ1) is 11.6. The summed E-state index contributed by atoms with van der Waals surface area (Å²) in [6.07, 6.45) is 0. The maximum absolute atomic E-state index is 11.4.